The van der Waals surface area contributed by atoms with Crippen LogP contribution in [0.3, 0.4) is 0 Å². The number of thioether (sulfide) groups is 1. The largest absolute Gasteiger partial charge is 0.334 e. The molecule has 0 atom stereocenters. The summed E-state index contributed by atoms with van der Waals surface area (Å²) in [4.78, 5) is 21.8. The second-order valence-corrected chi connectivity index (χ2v) is 7.31. The molecule has 0 radical (unpaired) electrons. The first-order valence-electron chi connectivity index (χ1n) is 8.47. The zero-order valence-corrected chi connectivity index (χ0v) is 16.3. The van der Waals surface area contributed by atoms with Crippen LogP contribution in [0.1, 0.15) is 5.82 Å². The van der Waals surface area contributed by atoms with Crippen LogP contribution in [0, 0.1) is 0 Å². The van der Waals surface area contributed by atoms with Crippen LogP contribution in [0.25, 0.3) is 22.4 Å². The number of para-hydroxylation sites is 1. The first kappa shape index (κ1) is 18.5. The predicted octanol–water partition coefficient (Wildman–Crippen LogP) is 4.58. The third-order valence-corrected chi connectivity index (χ3v) is 5.25. The number of hydrogen-bond acceptors (Lipinski definition) is 6. The minimum atomic E-state index is -0.0945. The number of hydrogen-bond donors (Lipinski definition) is 0. The number of halogens is 1. The lowest BCUT2D eigenvalue weighted by atomic mass is 10.2. The maximum Gasteiger partial charge on any atom is 0.262 e. The highest BCUT2D eigenvalue weighted by Crippen LogP contribution is 2.24. The summed E-state index contributed by atoms with van der Waals surface area (Å²) in [5.41, 5.74) is 1.36. The molecule has 0 unspecified atom stereocenters. The van der Waals surface area contributed by atoms with E-state index in [1.807, 2.05) is 30.3 Å². The summed E-state index contributed by atoms with van der Waals surface area (Å²) in [5.74, 6) is 1.35. The smallest absolute Gasteiger partial charge is 0.262 e. The highest BCUT2D eigenvalue weighted by molar-refractivity contribution is 7.98. The summed E-state index contributed by atoms with van der Waals surface area (Å²) < 4.78 is 6.93. The van der Waals surface area contributed by atoms with E-state index in [-0.39, 0.29) is 5.56 Å². The van der Waals surface area contributed by atoms with Crippen molar-refractivity contribution in [2.45, 2.75) is 17.5 Å². The molecule has 0 aliphatic heterocycles. The Kier molecular flexibility index (Phi) is 5.27. The van der Waals surface area contributed by atoms with Crippen LogP contribution < -0.4 is 5.56 Å². The Bertz CT molecular complexity index is 1200. The molecule has 28 heavy (non-hydrogen) atoms. The van der Waals surface area contributed by atoms with Gasteiger partial charge in [0.2, 0.25) is 0 Å². The van der Waals surface area contributed by atoms with Gasteiger partial charge in [0, 0.05) is 17.1 Å². The lowest BCUT2D eigenvalue weighted by Gasteiger charge is -2.10. The van der Waals surface area contributed by atoms with Crippen LogP contribution in [0.15, 0.2) is 75.7 Å². The van der Waals surface area contributed by atoms with Crippen LogP contribution in [-0.2, 0) is 12.3 Å². The Morgan fingerprint density at radius 1 is 1.14 bits per heavy atom. The molecule has 0 aliphatic rings. The Balaban J connectivity index is 1.60. The molecule has 2 heterocycles. The number of allylic oxidation sites excluding steroid dienone is 1. The maximum absolute atomic E-state index is 12.8. The standard InChI is InChI=1S/C20H15ClN4O2S/c1-2-11-25-19(26)15-5-3-4-6-16(15)22-20(25)28-12-17-23-18(27-24-17)13-7-9-14(21)10-8-13/h2-10H,1,11-12H2. The molecule has 2 aromatic carbocycles. The molecule has 4 aromatic rings. The van der Waals surface area contributed by atoms with Crippen LogP contribution in [0.5, 0.6) is 0 Å². The van der Waals surface area contributed by atoms with Gasteiger partial charge in [-0.15, -0.1) is 6.58 Å². The highest BCUT2D eigenvalue weighted by atomic mass is 35.5. The van der Waals surface area contributed by atoms with Crippen molar-refractivity contribution in [1.29, 1.82) is 0 Å². The molecule has 140 valence electrons. The van der Waals surface area contributed by atoms with E-state index < -0.39 is 0 Å². The van der Waals surface area contributed by atoms with Crippen LogP contribution >= 0.6 is 23.4 Å². The zero-order chi connectivity index (χ0) is 19.5. The Labute approximate surface area is 169 Å². The molecular formula is C20H15ClN4O2S. The number of fused-ring (bicyclic) bond motifs is 1. The Morgan fingerprint density at radius 2 is 1.93 bits per heavy atom. The fourth-order valence-electron chi connectivity index (χ4n) is 2.70. The predicted molar refractivity (Wildman–Crippen MR) is 111 cm³/mol. The van der Waals surface area contributed by atoms with Crippen molar-refractivity contribution in [2.75, 3.05) is 0 Å². The van der Waals surface area contributed by atoms with Gasteiger partial charge in [-0.2, -0.15) is 4.98 Å². The van der Waals surface area contributed by atoms with Crippen molar-refractivity contribution in [1.82, 2.24) is 19.7 Å². The molecule has 0 bridgehead atoms. The van der Waals surface area contributed by atoms with E-state index in [1.54, 1.807) is 28.8 Å². The summed E-state index contributed by atoms with van der Waals surface area (Å²) in [5, 5.41) is 5.82. The molecule has 6 nitrogen and oxygen atoms in total. The molecule has 0 aliphatic carbocycles. The summed E-state index contributed by atoms with van der Waals surface area (Å²) in [6.07, 6.45) is 1.68. The van der Waals surface area contributed by atoms with Crippen molar-refractivity contribution in [3.8, 4) is 11.5 Å². The monoisotopic (exact) mass is 410 g/mol. The van der Waals surface area contributed by atoms with E-state index in [0.717, 1.165) is 5.56 Å². The van der Waals surface area contributed by atoms with Gasteiger partial charge in [0.25, 0.3) is 11.4 Å². The van der Waals surface area contributed by atoms with Gasteiger partial charge < -0.3 is 4.52 Å². The van der Waals surface area contributed by atoms with Crippen molar-refractivity contribution in [3.05, 3.63) is 82.4 Å². The second kappa shape index (κ2) is 8.00. The van der Waals surface area contributed by atoms with Gasteiger partial charge >= 0.3 is 0 Å². The molecule has 4 rings (SSSR count). The molecule has 0 saturated heterocycles. The normalized spacial score (nSPS) is 11.0. The second-order valence-electron chi connectivity index (χ2n) is 5.93. The van der Waals surface area contributed by atoms with Crippen molar-refractivity contribution >= 4 is 34.3 Å². The van der Waals surface area contributed by atoms with Crippen LogP contribution in [-0.4, -0.2) is 19.7 Å². The average molecular weight is 411 g/mol. The van der Waals surface area contributed by atoms with Gasteiger partial charge in [0.1, 0.15) is 0 Å². The summed E-state index contributed by atoms with van der Waals surface area (Å²) in [6.45, 7) is 4.11. The lowest BCUT2D eigenvalue weighted by molar-refractivity contribution is 0.425. The first-order valence-corrected chi connectivity index (χ1v) is 9.84. The Hall–Kier alpha value is -2.90. The van der Waals surface area contributed by atoms with Crippen LogP contribution in [0.4, 0.5) is 0 Å². The van der Waals surface area contributed by atoms with Gasteiger partial charge in [-0.05, 0) is 36.4 Å². The molecule has 0 spiro atoms. The lowest BCUT2D eigenvalue weighted by Crippen LogP contribution is -2.22. The van der Waals surface area contributed by atoms with E-state index in [4.69, 9.17) is 16.1 Å². The van der Waals surface area contributed by atoms with Gasteiger partial charge in [0.05, 0.1) is 16.7 Å². The zero-order valence-electron chi connectivity index (χ0n) is 14.7. The first-order chi connectivity index (χ1) is 13.7. The molecule has 8 heteroatoms. The quantitative estimate of drug-likeness (QED) is 0.263. The fourth-order valence-corrected chi connectivity index (χ4v) is 3.68. The Morgan fingerprint density at radius 3 is 2.71 bits per heavy atom. The minimum absolute atomic E-state index is 0.0945. The van der Waals surface area contributed by atoms with Gasteiger partial charge in [-0.25, -0.2) is 4.98 Å². The van der Waals surface area contributed by atoms with Crippen molar-refractivity contribution < 1.29 is 4.52 Å². The van der Waals surface area contributed by atoms with E-state index in [2.05, 4.69) is 21.7 Å². The third kappa shape index (κ3) is 3.72. The molecule has 0 fully saturated rings. The van der Waals surface area contributed by atoms with Crippen molar-refractivity contribution in [2.24, 2.45) is 0 Å². The number of aromatic nitrogens is 4. The number of nitrogens with zero attached hydrogens (tertiary/aromatic N) is 4. The van der Waals surface area contributed by atoms with E-state index >= 15 is 0 Å². The number of rotatable bonds is 6. The number of benzene rings is 2. The highest BCUT2D eigenvalue weighted by Gasteiger charge is 2.13. The SMILES string of the molecule is C=CCn1c(SCc2noc(-c3ccc(Cl)cc3)n2)nc2ccccc2c1=O. The van der Waals surface area contributed by atoms with Gasteiger partial charge in [0.15, 0.2) is 11.0 Å². The maximum atomic E-state index is 12.8. The summed E-state index contributed by atoms with van der Waals surface area (Å²) in [7, 11) is 0. The van der Waals surface area contributed by atoms with Gasteiger partial charge in [-0.3, -0.25) is 9.36 Å². The van der Waals surface area contributed by atoms with Crippen LogP contribution in [0.2, 0.25) is 5.02 Å². The van der Waals surface area contributed by atoms with Gasteiger partial charge in [-0.1, -0.05) is 46.7 Å². The van der Waals surface area contributed by atoms with Crippen molar-refractivity contribution in [3.63, 3.8) is 0 Å². The van der Waals surface area contributed by atoms with E-state index in [0.29, 0.717) is 45.1 Å². The molecule has 0 saturated carbocycles. The van der Waals surface area contributed by atoms with E-state index in [1.165, 1.54) is 11.8 Å². The molecule has 2 aromatic heterocycles. The van der Waals surface area contributed by atoms with E-state index in [9.17, 15) is 4.79 Å². The summed E-state index contributed by atoms with van der Waals surface area (Å²) >= 11 is 7.28. The average Bonchev–Trinajstić information content (AvgIpc) is 3.18. The minimum Gasteiger partial charge on any atom is -0.334 e. The topological polar surface area (TPSA) is 73.8 Å². The molecule has 0 N–H and O–H groups in total. The fraction of sp³-hybridized carbons (Fsp3) is 0.100. The molecular weight excluding hydrogens is 396 g/mol. The third-order valence-electron chi connectivity index (χ3n) is 4.03. The molecule has 0 amide bonds. The summed E-state index contributed by atoms with van der Waals surface area (Å²) in [6, 6.07) is 14.5.